The highest BCUT2D eigenvalue weighted by Crippen LogP contribution is 2.38. The Hall–Kier alpha value is -1.22. The first-order valence-corrected chi connectivity index (χ1v) is 6.12. The fourth-order valence-electron chi connectivity index (χ4n) is 1.99. The molecule has 0 radical (unpaired) electrons. The standard InChI is InChI=1S/C14H23NO2/c1-9(2)11-7-12(10(3)5-6-15)14(17-4)13(16)8-11/h7-10,16H,5-6,15H2,1-4H3. The molecule has 0 amide bonds. The van der Waals surface area contributed by atoms with Crippen molar-refractivity contribution in [1.82, 2.24) is 0 Å². The van der Waals surface area contributed by atoms with Crippen molar-refractivity contribution in [2.24, 2.45) is 5.73 Å². The molecular weight excluding hydrogens is 214 g/mol. The Morgan fingerprint density at radius 3 is 2.41 bits per heavy atom. The lowest BCUT2D eigenvalue weighted by Gasteiger charge is -2.19. The molecular formula is C14H23NO2. The molecule has 1 aromatic rings. The van der Waals surface area contributed by atoms with Gasteiger partial charge in [0.1, 0.15) is 0 Å². The monoisotopic (exact) mass is 237 g/mol. The number of nitrogens with two attached hydrogens (primary N) is 1. The summed E-state index contributed by atoms with van der Waals surface area (Å²) in [4.78, 5) is 0. The number of phenolic OH excluding ortho intramolecular Hbond substituents is 1. The summed E-state index contributed by atoms with van der Waals surface area (Å²) < 4.78 is 5.29. The van der Waals surface area contributed by atoms with E-state index < -0.39 is 0 Å². The molecule has 3 N–H and O–H groups in total. The van der Waals surface area contributed by atoms with Gasteiger partial charge in [-0.25, -0.2) is 0 Å². The van der Waals surface area contributed by atoms with Crippen LogP contribution in [0.25, 0.3) is 0 Å². The average Bonchev–Trinajstić information content (AvgIpc) is 2.28. The average molecular weight is 237 g/mol. The predicted octanol–water partition coefficient (Wildman–Crippen LogP) is 2.98. The first-order chi connectivity index (χ1) is 8.01. The molecule has 0 aromatic heterocycles. The van der Waals surface area contributed by atoms with Crippen molar-refractivity contribution in [1.29, 1.82) is 0 Å². The third-order valence-electron chi connectivity index (χ3n) is 3.12. The third-order valence-corrected chi connectivity index (χ3v) is 3.12. The highest BCUT2D eigenvalue weighted by molar-refractivity contribution is 5.50. The number of phenols is 1. The molecule has 0 saturated heterocycles. The Kier molecular flexibility index (Phi) is 4.82. The smallest absolute Gasteiger partial charge is 0.163 e. The number of rotatable bonds is 5. The van der Waals surface area contributed by atoms with Gasteiger partial charge in [-0.3, -0.25) is 0 Å². The Morgan fingerprint density at radius 2 is 1.94 bits per heavy atom. The molecule has 1 unspecified atom stereocenters. The number of hydrogen-bond donors (Lipinski definition) is 2. The minimum atomic E-state index is 0.220. The largest absolute Gasteiger partial charge is 0.504 e. The summed E-state index contributed by atoms with van der Waals surface area (Å²) in [7, 11) is 1.59. The van der Waals surface area contributed by atoms with Crippen LogP contribution in [0.15, 0.2) is 12.1 Å². The highest BCUT2D eigenvalue weighted by atomic mass is 16.5. The summed E-state index contributed by atoms with van der Waals surface area (Å²) in [6.45, 7) is 6.96. The van der Waals surface area contributed by atoms with E-state index in [-0.39, 0.29) is 5.75 Å². The van der Waals surface area contributed by atoms with Gasteiger partial charge in [-0.15, -0.1) is 0 Å². The molecule has 0 saturated carbocycles. The van der Waals surface area contributed by atoms with E-state index >= 15 is 0 Å². The molecule has 0 heterocycles. The van der Waals surface area contributed by atoms with E-state index in [9.17, 15) is 5.11 Å². The van der Waals surface area contributed by atoms with Gasteiger partial charge in [-0.2, -0.15) is 0 Å². The topological polar surface area (TPSA) is 55.5 Å². The van der Waals surface area contributed by atoms with E-state index in [1.54, 1.807) is 13.2 Å². The summed E-state index contributed by atoms with van der Waals surface area (Å²) in [5.41, 5.74) is 7.76. The molecule has 0 bridgehead atoms. The molecule has 1 aromatic carbocycles. The Bertz CT molecular complexity index is 375. The fraction of sp³-hybridized carbons (Fsp3) is 0.571. The van der Waals surface area contributed by atoms with Crippen molar-refractivity contribution < 1.29 is 9.84 Å². The van der Waals surface area contributed by atoms with Crippen LogP contribution in [0, 0.1) is 0 Å². The number of aromatic hydroxyl groups is 1. The molecule has 0 aliphatic rings. The molecule has 0 aliphatic heterocycles. The van der Waals surface area contributed by atoms with Crippen LogP contribution in [0.3, 0.4) is 0 Å². The summed E-state index contributed by atoms with van der Waals surface area (Å²) in [6, 6.07) is 3.89. The van der Waals surface area contributed by atoms with Crippen LogP contribution in [-0.4, -0.2) is 18.8 Å². The van der Waals surface area contributed by atoms with Gasteiger partial charge in [0.25, 0.3) is 0 Å². The lowest BCUT2D eigenvalue weighted by Crippen LogP contribution is -2.07. The molecule has 17 heavy (non-hydrogen) atoms. The van der Waals surface area contributed by atoms with Crippen molar-refractivity contribution >= 4 is 0 Å². The quantitative estimate of drug-likeness (QED) is 0.827. The second-order valence-electron chi connectivity index (χ2n) is 4.80. The van der Waals surface area contributed by atoms with Crippen molar-refractivity contribution in [3.63, 3.8) is 0 Å². The molecule has 0 spiro atoms. The van der Waals surface area contributed by atoms with Crippen LogP contribution >= 0.6 is 0 Å². The maximum Gasteiger partial charge on any atom is 0.163 e. The summed E-state index contributed by atoms with van der Waals surface area (Å²) in [6.07, 6.45) is 0.886. The maximum atomic E-state index is 9.98. The summed E-state index contributed by atoms with van der Waals surface area (Å²) >= 11 is 0. The highest BCUT2D eigenvalue weighted by Gasteiger charge is 2.17. The Labute approximate surface area is 104 Å². The minimum Gasteiger partial charge on any atom is -0.504 e. The van der Waals surface area contributed by atoms with Crippen LogP contribution in [0.2, 0.25) is 0 Å². The number of hydrogen-bond acceptors (Lipinski definition) is 3. The Balaban J connectivity index is 3.23. The molecule has 1 rings (SSSR count). The van der Waals surface area contributed by atoms with Crippen LogP contribution in [-0.2, 0) is 0 Å². The lowest BCUT2D eigenvalue weighted by molar-refractivity contribution is 0.365. The third kappa shape index (κ3) is 3.13. The van der Waals surface area contributed by atoms with Gasteiger partial charge in [0.2, 0.25) is 0 Å². The van der Waals surface area contributed by atoms with Gasteiger partial charge >= 0.3 is 0 Å². The van der Waals surface area contributed by atoms with Crippen molar-refractivity contribution in [3.8, 4) is 11.5 Å². The zero-order valence-corrected chi connectivity index (χ0v) is 11.2. The summed E-state index contributed by atoms with van der Waals surface area (Å²) in [5.74, 6) is 1.48. The SMILES string of the molecule is COc1c(O)cc(C(C)C)cc1C(C)CCN. The normalized spacial score (nSPS) is 12.8. The Morgan fingerprint density at radius 1 is 1.29 bits per heavy atom. The fourth-order valence-corrected chi connectivity index (χ4v) is 1.99. The van der Waals surface area contributed by atoms with Crippen LogP contribution in [0.5, 0.6) is 11.5 Å². The number of methoxy groups -OCH3 is 1. The molecule has 3 nitrogen and oxygen atoms in total. The first kappa shape index (κ1) is 13.8. The van der Waals surface area contributed by atoms with Crippen molar-refractivity contribution in [2.75, 3.05) is 13.7 Å². The maximum absolute atomic E-state index is 9.98. The van der Waals surface area contributed by atoms with Crippen molar-refractivity contribution in [3.05, 3.63) is 23.3 Å². The van der Waals surface area contributed by atoms with Gasteiger partial charge in [0, 0.05) is 5.56 Å². The van der Waals surface area contributed by atoms with E-state index in [2.05, 4.69) is 26.8 Å². The molecule has 1 atom stereocenters. The van der Waals surface area contributed by atoms with Gasteiger partial charge < -0.3 is 15.6 Å². The van der Waals surface area contributed by atoms with Crippen LogP contribution in [0.1, 0.15) is 50.2 Å². The van der Waals surface area contributed by atoms with Gasteiger partial charge in [0.05, 0.1) is 7.11 Å². The predicted molar refractivity (Wildman–Crippen MR) is 70.8 cm³/mol. The van der Waals surface area contributed by atoms with E-state index in [0.29, 0.717) is 24.1 Å². The zero-order chi connectivity index (χ0) is 13.0. The minimum absolute atomic E-state index is 0.220. The first-order valence-electron chi connectivity index (χ1n) is 6.12. The van der Waals surface area contributed by atoms with E-state index in [4.69, 9.17) is 10.5 Å². The number of benzene rings is 1. The van der Waals surface area contributed by atoms with E-state index in [1.807, 2.05) is 0 Å². The van der Waals surface area contributed by atoms with E-state index in [0.717, 1.165) is 17.5 Å². The molecule has 96 valence electrons. The van der Waals surface area contributed by atoms with Gasteiger partial charge in [0.15, 0.2) is 11.5 Å². The number of ether oxygens (including phenoxy) is 1. The van der Waals surface area contributed by atoms with Gasteiger partial charge in [-0.1, -0.05) is 26.8 Å². The molecule has 0 aliphatic carbocycles. The second kappa shape index (κ2) is 5.92. The van der Waals surface area contributed by atoms with Gasteiger partial charge in [-0.05, 0) is 36.4 Å². The van der Waals surface area contributed by atoms with Crippen LogP contribution < -0.4 is 10.5 Å². The zero-order valence-electron chi connectivity index (χ0n) is 11.2. The molecule has 3 heteroatoms. The lowest BCUT2D eigenvalue weighted by atomic mass is 9.91. The molecule has 0 fully saturated rings. The second-order valence-corrected chi connectivity index (χ2v) is 4.80. The van der Waals surface area contributed by atoms with E-state index in [1.165, 1.54) is 0 Å². The van der Waals surface area contributed by atoms with Crippen LogP contribution in [0.4, 0.5) is 0 Å². The summed E-state index contributed by atoms with van der Waals surface area (Å²) in [5, 5.41) is 9.98. The van der Waals surface area contributed by atoms with Crippen molar-refractivity contribution in [2.45, 2.75) is 39.0 Å².